The Kier molecular flexibility index (Phi) is 6.90. The van der Waals surface area contributed by atoms with Crippen molar-refractivity contribution in [3.05, 3.63) is 76.8 Å². The third kappa shape index (κ3) is 5.01. The van der Waals surface area contributed by atoms with Crippen LogP contribution in [0.3, 0.4) is 0 Å². The Bertz CT molecular complexity index is 1790. The van der Waals surface area contributed by atoms with Crippen LogP contribution in [-0.4, -0.2) is 66.7 Å². The molecule has 5 aromatic rings. The third-order valence-corrected chi connectivity index (χ3v) is 8.04. The van der Waals surface area contributed by atoms with Gasteiger partial charge >= 0.3 is 0 Å². The number of halogens is 1. The number of carbonyl (C=O) groups is 1. The zero-order valence-electron chi connectivity index (χ0n) is 22.3. The summed E-state index contributed by atoms with van der Waals surface area (Å²) in [6.45, 7) is 2.75. The van der Waals surface area contributed by atoms with Crippen molar-refractivity contribution in [2.45, 2.75) is 25.9 Å². The van der Waals surface area contributed by atoms with Gasteiger partial charge in [0.15, 0.2) is 5.13 Å². The lowest BCUT2D eigenvalue weighted by Crippen LogP contribution is -2.54. The first-order valence-electron chi connectivity index (χ1n) is 13.0. The number of benzene rings is 1. The number of nitriles is 1. The number of hydrogen-bond acceptors (Lipinski definition) is 9. The molecule has 1 aliphatic heterocycles. The summed E-state index contributed by atoms with van der Waals surface area (Å²) >= 11 is 1.26. The van der Waals surface area contributed by atoms with E-state index in [1.807, 2.05) is 47.7 Å². The van der Waals surface area contributed by atoms with E-state index in [1.165, 1.54) is 23.5 Å². The van der Waals surface area contributed by atoms with Gasteiger partial charge in [0, 0.05) is 37.5 Å². The summed E-state index contributed by atoms with van der Waals surface area (Å²) < 4.78 is 15.5. The van der Waals surface area contributed by atoms with Crippen molar-refractivity contribution in [2.24, 2.45) is 0 Å². The Morgan fingerprint density at radius 2 is 1.88 bits per heavy atom. The Balaban J connectivity index is 1.31. The molecule has 41 heavy (non-hydrogen) atoms. The third-order valence-electron chi connectivity index (χ3n) is 7.00. The van der Waals surface area contributed by atoms with E-state index in [1.54, 1.807) is 23.1 Å². The lowest BCUT2D eigenvalue weighted by molar-refractivity contribution is -0.140. The van der Waals surface area contributed by atoms with Crippen LogP contribution in [0, 0.1) is 17.1 Å². The largest absolute Gasteiger partial charge is 0.389 e. The van der Waals surface area contributed by atoms with Crippen molar-refractivity contribution >= 4 is 33.8 Å². The van der Waals surface area contributed by atoms with E-state index in [-0.39, 0.29) is 18.1 Å². The number of nitrogens with zero attached hydrogens (tertiary/aromatic N) is 8. The molecule has 1 amide bonds. The Labute approximate surface area is 239 Å². The number of imidazole rings is 1. The lowest BCUT2D eigenvalue weighted by Gasteiger charge is -2.35. The van der Waals surface area contributed by atoms with Crippen LogP contribution in [0.25, 0.3) is 28.2 Å². The number of hydrogen-bond donors (Lipinski definition) is 1. The highest BCUT2D eigenvalue weighted by Crippen LogP contribution is 2.37. The van der Waals surface area contributed by atoms with Crippen LogP contribution >= 0.6 is 11.3 Å². The second-order valence-corrected chi connectivity index (χ2v) is 10.8. The maximum Gasteiger partial charge on any atom is 0.228 e. The zero-order valence-corrected chi connectivity index (χ0v) is 23.1. The molecular weight excluding hydrogens is 543 g/mol. The van der Waals surface area contributed by atoms with Crippen LogP contribution in [0.1, 0.15) is 23.2 Å². The zero-order chi connectivity index (χ0) is 28.7. The number of anilines is 2. The minimum Gasteiger partial charge on any atom is -0.389 e. The summed E-state index contributed by atoms with van der Waals surface area (Å²) in [7, 11) is 1.88. The van der Waals surface area contributed by atoms with Gasteiger partial charge in [-0.05, 0) is 55.0 Å². The van der Waals surface area contributed by atoms with Crippen LogP contribution in [0.4, 0.5) is 15.3 Å². The van der Waals surface area contributed by atoms with E-state index in [4.69, 9.17) is 9.97 Å². The van der Waals surface area contributed by atoms with Crippen LogP contribution in [-0.2, 0) is 17.6 Å². The first kappa shape index (κ1) is 26.5. The SMILES string of the molecule is CCc1nc2ccc(-c3ccc(CC(=O)N4CC(O)C4)nn3)cn2c1N(C)c1nc(-c2ccc(F)cc2)c(C#N)s1. The fraction of sp³-hybridized carbons (Fsp3) is 0.241. The average Bonchev–Trinajstić information content (AvgIpc) is 3.57. The number of fused-ring (bicyclic) bond motifs is 1. The molecule has 0 radical (unpaired) electrons. The number of aliphatic hydroxyl groups is 1. The van der Waals surface area contributed by atoms with E-state index in [2.05, 4.69) is 16.3 Å². The van der Waals surface area contributed by atoms with Gasteiger partial charge in [-0.25, -0.2) is 14.4 Å². The molecule has 0 unspecified atom stereocenters. The Morgan fingerprint density at radius 1 is 1.12 bits per heavy atom. The summed E-state index contributed by atoms with van der Waals surface area (Å²) in [6, 6.07) is 15.6. The van der Waals surface area contributed by atoms with Gasteiger partial charge in [-0.2, -0.15) is 15.5 Å². The second-order valence-electron chi connectivity index (χ2n) is 9.77. The topological polar surface area (TPSA) is 124 Å². The number of amides is 1. The molecule has 4 aromatic heterocycles. The van der Waals surface area contributed by atoms with Crippen molar-refractivity contribution in [1.29, 1.82) is 5.26 Å². The predicted molar refractivity (Wildman–Crippen MR) is 152 cm³/mol. The van der Waals surface area contributed by atoms with Crippen LogP contribution in [0.15, 0.2) is 54.7 Å². The normalized spacial score (nSPS) is 13.3. The standard InChI is InChI=1S/C29H25FN8O2S/c1-3-22-28(36(2)29-33-27(24(13-31)41-29)17-4-7-19(30)8-5-17)38-14-18(6-11-25(38)32-22)23-10-9-20(34-35-23)12-26(40)37-15-21(39)16-37/h4-11,14,21,39H,3,12,15-16H2,1-2H3. The molecule has 0 bridgehead atoms. The molecule has 1 aromatic carbocycles. The van der Waals surface area contributed by atoms with E-state index in [0.717, 1.165) is 22.7 Å². The summed E-state index contributed by atoms with van der Waals surface area (Å²) in [6.07, 6.45) is 2.30. The van der Waals surface area contributed by atoms with Gasteiger partial charge in [-0.1, -0.05) is 18.3 Å². The van der Waals surface area contributed by atoms with Crippen LogP contribution < -0.4 is 4.90 Å². The molecule has 6 rings (SSSR count). The average molecular weight is 569 g/mol. The first-order chi connectivity index (χ1) is 19.8. The summed E-state index contributed by atoms with van der Waals surface area (Å²) in [4.78, 5) is 25.8. The number of pyridine rings is 1. The van der Waals surface area contributed by atoms with E-state index < -0.39 is 6.10 Å². The fourth-order valence-electron chi connectivity index (χ4n) is 4.78. The van der Waals surface area contributed by atoms with E-state index in [9.17, 15) is 19.6 Å². The quantitative estimate of drug-likeness (QED) is 0.313. The van der Waals surface area contributed by atoms with Gasteiger partial charge in [-0.15, -0.1) is 0 Å². The molecule has 10 nitrogen and oxygen atoms in total. The molecule has 5 heterocycles. The molecule has 0 saturated carbocycles. The van der Waals surface area contributed by atoms with Gasteiger partial charge in [0.05, 0.1) is 29.6 Å². The second kappa shape index (κ2) is 10.7. The maximum absolute atomic E-state index is 13.5. The molecule has 12 heteroatoms. The molecule has 1 saturated heterocycles. The van der Waals surface area contributed by atoms with Gasteiger partial charge in [-0.3, -0.25) is 9.20 Å². The number of aryl methyl sites for hydroxylation is 1. The smallest absolute Gasteiger partial charge is 0.228 e. The van der Waals surface area contributed by atoms with E-state index in [0.29, 0.717) is 52.2 Å². The lowest BCUT2D eigenvalue weighted by atomic mass is 10.1. The highest BCUT2D eigenvalue weighted by Gasteiger charge is 2.29. The number of carbonyl (C=O) groups excluding carboxylic acids is 1. The van der Waals surface area contributed by atoms with Gasteiger partial charge < -0.3 is 14.9 Å². The maximum atomic E-state index is 13.5. The Morgan fingerprint density at radius 3 is 2.54 bits per heavy atom. The highest BCUT2D eigenvalue weighted by atomic mass is 32.1. The molecule has 206 valence electrons. The van der Waals surface area contributed by atoms with E-state index >= 15 is 0 Å². The van der Waals surface area contributed by atoms with Crippen molar-refractivity contribution in [3.8, 4) is 28.6 Å². The number of aliphatic hydroxyl groups excluding tert-OH is 1. The van der Waals surface area contributed by atoms with Crippen molar-refractivity contribution in [2.75, 3.05) is 25.0 Å². The number of thiazole rings is 1. The molecule has 1 aliphatic rings. The summed E-state index contributed by atoms with van der Waals surface area (Å²) in [5, 5.41) is 28.4. The van der Waals surface area contributed by atoms with Crippen molar-refractivity contribution in [1.82, 2.24) is 29.5 Å². The highest BCUT2D eigenvalue weighted by molar-refractivity contribution is 7.16. The Hall–Kier alpha value is -4.73. The summed E-state index contributed by atoms with van der Waals surface area (Å²) in [5.74, 6) is 0.371. The number of β-amino-alcohol motifs (C(OH)–C–C–N with tert-alkyl or cyclic N) is 1. The van der Waals surface area contributed by atoms with Crippen LogP contribution in [0.2, 0.25) is 0 Å². The number of likely N-dealkylation sites (tertiary alicyclic amines) is 1. The molecule has 0 aliphatic carbocycles. The van der Waals surface area contributed by atoms with Gasteiger partial charge in [0.2, 0.25) is 5.91 Å². The van der Waals surface area contributed by atoms with Crippen molar-refractivity contribution in [3.63, 3.8) is 0 Å². The minimum absolute atomic E-state index is 0.0821. The monoisotopic (exact) mass is 568 g/mol. The summed E-state index contributed by atoms with van der Waals surface area (Å²) in [5.41, 5.74) is 4.79. The fourth-order valence-corrected chi connectivity index (χ4v) is 5.63. The predicted octanol–water partition coefficient (Wildman–Crippen LogP) is 4.00. The first-order valence-corrected chi connectivity index (χ1v) is 13.9. The van der Waals surface area contributed by atoms with Gasteiger partial charge in [0.25, 0.3) is 0 Å². The molecule has 1 fully saturated rings. The van der Waals surface area contributed by atoms with Crippen molar-refractivity contribution < 1.29 is 14.3 Å². The number of aromatic nitrogens is 5. The molecular formula is C29H25FN8O2S. The minimum atomic E-state index is -0.441. The van der Waals surface area contributed by atoms with Crippen LogP contribution in [0.5, 0.6) is 0 Å². The molecule has 0 spiro atoms. The van der Waals surface area contributed by atoms with Gasteiger partial charge in [0.1, 0.15) is 33.9 Å². The molecule has 1 N–H and O–H groups in total. The molecule has 0 atom stereocenters. The number of rotatable bonds is 7.